The van der Waals surface area contributed by atoms with Gasteiger partial charge in [0, 0.05) is 19.1 Å². The molecule has 1 saturated heterocycles. The van der Waals surface area contributed by atoms with Gasteiger partial charge in [-0.25, -0.2) is 0 Å². The highest BCUT2D eigenvalue weighted by molar-refractivity contribution is 6.33. The number of para-hydroxylation sites is 1. The predicted octanol–water partition coefficient (Wildman–Crippen LogP) is 2.37. The third kappa shape index (κ3) is 2.55. The highest BCUT2D eigenvalue weighted by Crippen LogP contribution is 2.27. The molecule has 3 nitrogen and oxygen atoms in total. The highest BCUT2D eigenvalue weighted by Gasteiger charge is 2.15. The molecule has 1 aliphatic heterocycles. The zero-order chi connectivity index (χ0) is 10.7. The van der Waals surface area contributed by atoms with Crippen molar-refractivity contribution in [3.63, 3.8) is 0 Å². The van der Waals surface area contributed by atoms with E-state index in [0.717, 1.165) is 31.9 Å². The van der Waals surface area contributed by atoms with Gasteiger partial charge in [0.1, 0.15) is 0 Å². The molecule has 1 aromatic rings. The highest BCUT2D eigenvalue weighted by atomic mass is 35.5. The Morgan fingerprint density at radius 3 is 3.13 bits per heavy atom. The third-order valence-electron chi connectivity index (χ3n) is 2.66. The quantitative estimate of drug-likeness (QED) is 0.778. The van der Waals surface area contributed by atoms with Crippen LogP contribution in [-0.2, 0) is 4.74 Å². The van der Waals surface area contributed by atoms with Crippen LogP contribution in [0.3, 0.4) is 0 Å². The van der Waals surface area contributed by atoms with Crippen LogP contribution >= 0.6 is 11.6 Å². The molecule has 1 aliphatic rings. The van der Waals surface area contributed by atoms with Gasteiger partial charge in [-0.1, -0.05) is 17.7 Å². The van der Waals surface area contributed by atoms with Gasteiger partial charge in [-0.15, -0.1) is 0 Å². The summed E-state index contributed by atoms with van der Waals surface area (Å²) in [7, 11) is 0. The van der Waals surface area contributed by atoms with E-state index in [2.05, 4.69) is 5.32 Å². The van der Waals surface area contributed by atoms with Gasteiger partial charge in [0.15, 0.2) is 0 Å². The molecule has 1 unspecified atom stereocenters. The first-order chi connectivity index (χ1) is 7.27. The molecule has 15 heavy (non-hydrogen) atoms. The molecule has 1 heterocycles. The van der Waals surface area contributed by atoms with Crippen molar-refractivity contribution in [1.29, 1.82) is 0 Å². The van der Waals surface area contributed by atoms with Crippen LogP contribution in [0.15, 0.2) is 18.2 Å². The van der Waals surface area contributed by atoms with E-state index in [1.165, 1.54) is 0 Å². The molecular formula is C11H15ClN2O. The lowest BCUT2D eigenvalue weighted by atomic mass is 10.1. The zero-order valence-corrected chi connectivity index (χ0v) is 9.26. The normalized spacial score (nSPS) is 20.5. The van der Waals surface area contributed by atoms with Crippen molar-refractivity contribution >= 4 is 23.0 Å². The molecule has 0 aliphatic carbocycles. The second-order valence-corrected chi connectivity index (χ2v) is 4.22. The van der Waals surface area contributed by atoms with Crippen molar-refractivity contribution in [1.82, 2.24) is 0 Å². The molecule has 1 aromatic carbocycles. The Labute approximate surface area is 94.6 Å². The van der Waals surface area contributed by atoms with Gasteiger partial charge < -0.3 is 15.8 Å². The maximum atomic E-state index is 5.92. The largest absolute Gasteiger partial charge is 0.396 e. The predicted molar refractivity (Wildman–Crippen MR) is 63.3 cm³/mol. The summed E-state index contributed by atoms with van der Waals surface area (Å²) >= 11 is 5.92. The van der Waals surface area contributed by atoms with Gasteiger partial charge in [0.25, 0.3) is 0 Å². The van der Waals surface area contributed by atoms with Crippen molar-refractivity contribution in [3.05, 3.63) is 23.2 Å². The lowest BCUT2D eigenvalue weighted by Crippen LogP contribution is -2.14. The lowest BCUT2D eigenvalue weighted by molar-refractivity contribution is 0.187. The number of halogens is 1. The van der Waals surface area contributed by atoms with Gasteiger partial charge in [0.05, 0.1) is 23.0 Å². The molecule has 1 fully saturated rings. The second-order valence-electron chi connectivity index (χ2n) is 3.81. The molecule has 0 bridgehead atoms. The number of nitrogen functional groups attached to an aromatic ring is 1. The van der Waals surface area contributed by atoms with Gasteiger partial charge in [-0.05, 0) is 18.6 Å². The topological polar surface area (TPSA) is 47.3 Å². The van der Waals surface area contributed by atoms with Crippen molar-refractivity contribution in [2.75, 3.05) is 30.8 Å². The fourth-order valence-corrected chi connectivity index (χ4v) is 1.86. The van der Waals surface area contributed by atoms with Crippen molar-refractivity contribution in [2.45, 2.75) is 6.42 Å². The maximum Gasteiger partial charge on any atom is 0.0739 e. The molecular weight excluding hydrogens is 212 g/mol. The fraction of sp³-hybridized carbons (Fsp3) is 0.455. The summed E-state index contributed by atoms with van der Waals surface area (Å²) in [6.45, 7) is 2.61. The number of hydrogen-bond donors (Lipinski definition) is 2. The van der Waals surface area contributed by atoms with E-state index in [0.29, 0.717) is 16.6 Å². The number of nitrogens with two attached hydrogens (primary N) is 1. The molecule has 2 rings (SSSR count). The van der Waals surface area contributed by atoms with Crippen LogP contribution in [0, 0.1) is 5.92 Å². The van der Waals surface area contributed by atoms with Crippen molar-refractivity contribution < 1.29 is 4.74 Å². The summed E-state index contributed by atoms with van der Waals surface area (Å²) in [6.07, 6.45) is 1.12. The molecule has 0 saturated carbocycles. The van der Waals surface area contributed by atoms with Gasteiger partial charge >= 0.3 is 0 Å². The first kappa shape index (κ1) is 10.6. The van der Waals surface area contributed by atoms with Crippen LogP contribution in [0.25, 0.3) is 0 Å². The number of ether oxygens (including phenoxy) is 1. The molecule has 0 spiro atoms. The summed E-state index contributed by atoms with van der Waals surface area (Å²) in [4.78, 5) is 0. The average Bonchev–Trinajstić information content (AvgIpc) is 2.73. The minimum Gasteiger partial charge on any atom is -0.396 e. The van der Waals surface area contributed by atoms with E-state index < -0.39 is 0 Å². The Morgan fingerprint density at radius 1 is 1.53 bits per heavy atom. The van der Waals surface area contributed by atoms with Crippen molar-refractivity contribution in [3.8, 4) is 0 Å². The van der Waals surface area contributed by atoms with E-state index in [-0.39, 0.29) is 0 Å². The van der Waals surface area contributed by atoms with Crippen LogP contribution in [-0.4, -0.2) is 19.8 Å². The van der Waals surface area contributed by atoms with Crippen LogP contribution in [0.4, 0.5) is 11.4 Å². The Morgan fingerprint density at radius 2 is 2.40 bits per heavy atom. The number of nitrogens with one attached hydrogen (secondary N) is 1. The number of anilines is 2. The number of hydrogen-bond acceptors (Lipinski definition) is 3. The minimum atomic E-state index is 0.586. The Kier molecular flexibility index (Phi) is 3.34. The van der Waals surface area contributed by atoms with Gasteiger partial charge in [-0.3, -0.25) is 0 Å². The standard InChI is InChI=1S/C11H15ClN2O/c12-9-2-1-3-10(11(9)13)14-6-8-4-5-15-7-8/h1-3,8,14H,4-7,13H2. The molecule has 4 heteroatoms. The monoisotopic (exact) mass is 226 g/mol. The van der Waals surface area contributed by atoms with Crippen LogP contribution < -0.4 is 11.1 Å². The van der Waals surface area contributed by atoms with E-state index >= 15 is 0 Å². The van der Waals surface area contributed by atoms with Crippen molar-refractivity contribution in [2.24, 2.45) is 5.92 Å². The minimum absolute atomic E-state index is 0.586. The number of rotatable bonds is 3. The molecule has 0 amide bonds. The van der Waals surface area contributed by atoms with E-state index in [9.17, 15) is 0 Å². The molecule has 82 valence electrons. The summed E-state index contributed by atoms with van der Waals surface area (Å²) in [5.74, 6) is 0.586. The molecule has 0 aromatic heterocycles. The average molecular weight is 227 g/mol. The SMILES string of the molecule is Nc1c(Cl)cccc1NCC1CCOC1. The first-order valence-electron chi connectivity index (χ1n) is 5.13. The van der Waals surface area contributed by atoms with E-state index in [1.807, 2.05) is 12.1 Å². The van der Waals surface area contributed by atoms with Crippen LogP contribution in [0.2, 0.25) is 5.02 Å². The summed E-state index contributed by atoms with van der Waals surface area (Å²) in [6, 6.07) is 5.63. The molecule has 0 radical (unpaired) electrons. The van der Waals surface area contributed by atoms with E-state index in [4.69, 9.17) is 22.1 Å². The zero-order valence-electron chi connectivity index (χ0n) is 8.50. The summed E-state index contributed by atoms with van der Waals surface area (Å²) in [5.41, 5.74) is 7.38. The summed E-state index contributed by atoms with van der Waals surface area (Å²) in [5, 5.41) is 3.91. The van der Waals surface area contributed by atoms with E-state index in [1.54, 1.807) is 6.07 Å². The van der Waals surface area contributed by atoms with Gasteiger partial charge in [0.2, 0.25) is 0 Å². The Hall–Kier alpha value is -0.930. The Bertz CT molecular complexity index is 337. The fourth-order valence-electron chi connectivity index (χ4n) is 1.69. The molecule has 3 N–H and O–H groups in total. The van der Waals surface area contributed by atoms with Gasteiger partial charge in [-0.2, -0.15) is 0 Å². The third-order valence-corrected chi connectivity index (χ3v) is 2.99. The maximum absolute atomic E-state index is 5.92. The second kappa shape index (κ2) is 4.73. The van der Waals surface area contributed by atoms with Crippen LogP contribution in [0.1, 0.15) is 6.42 Å². The first-order valence-corrected chi connectivity index (χ1v) is 5.51. The smallest absolute Gasteiger partial charge is 0.0739 e. The molecule has 1 atom stereocenters. The summed E-state index contributed by atoms with van der Waals surface area (Å²) < 4.78 is 5.30. The number of benzene rings is 1. The lowest BCUT2D eigenvalue weighted by Gasteiger charge is -2.13. The Balaban J connectivity index is 1.95. The van der Waals surface area contributed by atoms with Crippen LogP contribution in [0.5, 0.6) is 0 Å².